The summed E-state index contributed by atoms with van der Waals surface area (Å²) in [5.74, 6) is 0. The molecule has 2 rings (SSSR count). The Morgan fingerprint density at radius 1 is 1.67 bits per heavy atom. The lowest BCUT2D eigenvalue weighted by molar-refractivity contribution is 0.736. The number of hydrogen-bond acceptors (Lipinski definition) is 4. The van der Waals surface area contributed by atoms with Crippen LogP contribution in [0.1, 0.15) is 18.2 Å². The van der Waals surface area contributed by atoms with E-state index in [0.717, 1.165) is 18.3 Å². The molecule has 0 spiro atoms. The van der Waals surface area contributed by atoms with E-state index in [0.29, 0.717) is 5.25 Å². The van der Waals surface area contributed by atoms with Gasteiger partial charge in [0.25, 0.3) is 0 Å². The molecule has 5 heteroatoms. The molecule has 1 aromatic heterocycles. The lowest BCUT2D eigenvalue weighted by Crippen LogP contribution is -2.18. The third-order valence-electron chi connectivity index (χ3n) is 2.57. The summed E-state index contributed by atoms with van der Waals surface area (Å²) in [5.41, 5.74) is 2.44. The molecule has 0 fully saturated rings. The van der Waals surface area contributed by atoms with Crippen molar-refractivity contribution in [1.82, 2.24) is 15.1 Å². The first-order chi connectivity index (χ1) is 7.16. The van der Waals surface area contributed by atoms with Crippen LogP contribution in [0.15, 0.2) is 11.2 Å². The van der Waals surface area contributed by atoms with E-state index < -0.39 is 0 Å². The van der Waals surface area contributed by atoms with Crippen LogP contribution in [0.2, 0.25) is 0 Å². The minimum absolute atomic E-state index is 0.613. The van der Waals surface area contributed by atoms with Crippen molar-refractivity contribution in [2.24, 2.45) is 12.0 Å². The molecule has 4 nitrogen and oxygen atoms in total. The van der Waals surface area contributed by atoms with Crippen LogP contribution in [0.4, 0.5) is 0 Å². The van der Waals surface area contributed by atoms with Crippen molar-refractivity contribution < 1.29 is 0 Å². The van der Waals surface area contributed by atoms with Crippen LogP contribution in [-0.2, 0) is 13.6 Å². The number of nitrogens with zero attached hydrogens (tertiary/aromatic N) is 3. The van der Waals surface area contributed by atoms with Gasteiger partial charge in [-0.3, -0.25) is 9.67 Å². The van der Waals surface area contributed by atoms with Crippen molar-refractivity contribution in [3.63, 3.8) is 0 Å². The maximum atomic E-state index is 4.41. The highest BCUT2D eigenvalue weighted by atomic mass is 32.2. The van der Waals surface area contributed by atoms with E-state index in [9.17, 15) is 0 Å². The molecule has 0 radical (unpaired) electrons. The average molecular weight is 224 g/mol. The zero-order valence-corrected chi connectivity index (χ0v) is 10.1. The number of amidine groups is 1. The zero-order valence-electron chi connectivity index (χ0n) is 9.32. The Bertz CT molecular complexity index is 383. The first-order valence-electron chi connectivity index (χ1n) is 5.09. The molecule has 0 aromatic carbocycles. The Labute approximate surface area is 94.2 Å². The van der Waals surface area contributed by atoms with Gasteiger partial charge in [0.05, 0.1) is 12.7 Å². The van der Waals surface area contributed by atoms with Gasteiger partial charge in [0.2, 0.25) is 0 Å². The highest BCUT2D eigenvalue weighted by molar-refractivity contribution is 8.14. The van der Waals surface area contributed by atoms with E-state index in [1.165, 1.54) is 11.3 Å². The highest BCUT2D eigenvalue weighted by Gasteiger charge is 2.14. The molecule has 2 heterocycles. The van der Waals surface area contributed by atoms with E-state index in [1.54, 1.807) is 0 Å². The molecule has 1 aliphatic heterocycles. The number of hydrogen-bond donors (Lipinski definition) is 1. The lowest BCUT2D eigenvalue weighted by Gasteiger charge is -2.05. The van der Waals surface area contributed by atoms with E-state index in [2.05, 4.69) is 29.3 Å². The molecule has 1 aromatic rings. The van der Waals surface area contributed by atoms with Gasteiger partial charge in [-0.05, 0) is 6.92 Å². The Morgan fingerprint density at radius 2 is 2.47 bits per heavy atom. The Kier molecular flexibility index (Phi) is 3.00. The fraction of sp³-hybridized carbons (Fsp3) is 0.600. The third-order valence-corrected chi connectivity index (χ3v) is 3.62. The lowest BCUT2D eigenvalue weighted by atomic mass is 10.2. The highest BCUT2D eigenvalue weighted by Crippen LogP contribution is 2.18. The van der Waals surface area contributed by atoms with E-state index in [1.807, 2.05) is 29.7 Å². The van der Waals surface area contributed by atoms with Crippen LogP contribution in [0.5, 0.6) is 0 Å². The standard InChI is InChI=1S/C10H16N4S/c1-7-4-11-10(15-7)12-5-9-6-13-14(3)8(9)2/h6-7H,4-5H2,1-3H3,(H,11,12). The number of thioether (sulfide) groups is 1. The molecule has 0 aliphatic carbocycles. The van der Waals surface area contributed by atoms with Gasteiger partial charge in [-0.25, -0.2) is 0 Å². The Balaban J connectivity index is 1.91. The molecule has 0 bridgehead atoms. The van der Waals surface area contributed by atoms with Crippen molar-refractivity contribution >= 4 is 16.9 Å². The van der Waals surface area contributed by atoms with Crippen LogP contribution in [-0.4, -0.2) is 26.7 Å². The number of rotatable bonds is 2. The molecular weight excluding hydrogens is 208 g/mol. The fourth-order valence-electron chi connectivity index (χ4n) is 1.46. The zero-order chi connectivity index (χ0) is 10.8. The second-order valence-electron chi connectivity index (χ2n) is 3.81. The van der Waals surface area contributed by atoms with E-state index >= 15 is 0 Å². The second-order valence-corrected chi connectivity index (χ2v) is 5.23. The van der Waals surface area contributed by atoms with Crippen molar-refractivity contribution in [3.05, 3.63) is 17.5 Å². The number of nitrogens with one attached hydrogen (secondary N) is 1. The number of aromatic nitrogens is 2. The number of aryl methyl sites for hydroxylation is 1. The van der Waals surface area contributed by atoms with Gasteiger partial charge in [0.1, 0.15) is 0 Å². The predicted molar refractivity (Wildman–Crippen MR) is 64.1 cm³/mol. The molecule has 1 aliphatic rings. The largest absolute Gasteiger partial charge is 0.361 e. The maximum Gasteiger partial charge on any atom is 0.157 e. The summed E-state index contributed by atoms with van der Waals surface area (Å²) in [7, 11) is 1.96. The van der Waals surface area contributed by atoms with Crippen molar-refractivity contribution in [1.29, 1.82) is 0 Å². The fourth-order valence-corrected chi connectivity index (χ4v) is 2.30. The topological polar surface area (TPSA) is 42.2 Å². The summed E-state index contributed by atoms with van der Waals surface area (Å²) in [5, 5.41) is 9.22. The quantitative estimate of drug-likeness (QED) is 0.823. The summed E-state index contributed by atoms with van der Waals surface area (Å²) >= 11 is 1.81. The van der Waals surface area contributed by atoms with Crippen LogP contribution in [0.3, 0.4) is 0 Å². The second kappa shape index (κ2) is 4.26. The first-order valence-corrected chi connectivity index (χ1v) is 5.97. The molecule has 0 saturated carbocycles. The summed E-state index contributed by atoms with van der Waals surface area (Å²) < 4.78 is 1.89. The van der Waals surface area contributed by atoms with Gasteiger partial charge >= 0.3 is 0 Å². The predicted octanol–water partition coefficient (Wildman–Crippen LogP) is 1.31. The molecule has 1 unspecified atom stereocenters. The van der Waals surface area contributed by atoms with Gasteiger partial charge in [-0.2, -0.15) is 5.10 Å². The molecule has 1 atom stereocenters. The van der Waals surface area contributed by atoms with Crippen LogP contribution >= 0.6 is 11.8 Å². The summed E-state index contributed by atoms with van der Waals surface area (Å²) in [4.78, 5) is 4.41. The summed E-state index contributed by atoms with van der Waals surface area (Å²) in [6, 6.07) is 0. The minimum Gasteiger partial charge on any atom is -0.361 e. The third kappa shape index (κ3) is 2.34. The van der Waals surface area contributed by atoms with Crippen LogP contribution < -0.4 is 5.32 Å². The maximum absolute atomic E-state index is 4.41. The molecule has 82 valence electrons. The molecule has 0 amide bonds. The minimum atomic E-state index is 0.613. The molecule has 1 N–H and O–H groups in total. The Hall–Kier alpha value is -0.970. The van der Waals surface area contributed by atoms with Gasteiger partial charge in [-0.15, -0.1) is 0 Å². The summed E-state index contributed by atoms with van der Waals surface area (Å²) in [6.07, 6.45) is 1.91. The smallest absolute Gasteiger partial charge is 0.157 e. The van der Waals surface area contributed by atoms with E-state index in [4.69, 9.17) is 0 Å². The molecular formula is C10H16N4S. The van der Waals surface area contributed by atoms with Crippen molar-refractivity contribution in [2.75, 3.05) is 6.54 Å². The number of aliphatic imine (C=N–C) groups is 1. The SMILES string of the molecule is Cc1c(CNC2=NCC(C)S2)cnn1C. The molecule has 15 heavy (non-hydrogen) atoms. The molecule has 0 saturated heterocycles. The van der Waals surface area contributed by atoms with Gasteiger partial charge in [-0.1, -0.05) is 18.7 Å². The monoisotopic (exact) mass is 224 g/mol. The summed E-state index contributed by atoms with van der Waals surface area (Å²) in [6.45, 7) is 6.02. The average Bonchev–Trinajstić information content (AvgIpc) is 2.74. The van der Waals surface area contributed by atoms with Crippen molar-refractivity contribution in [2.45, 2.75) is 25.6 Å². The first kappa shape index (κ1) is 10.5. The van der Waals surface area contributed by atoms with Crippen LogP contribution in [0, 0.1) is 6.92 Å². The van der Waals surface area contributed by atoms with Gasteiger partial charge < -0.3 is 5.32 Å². The van der Waals surface area contributed by atoms with Crippen LogP contribution in [0.25, 0.3) is 0 Å². The van der Waals surface area contributed by atoms with Crippen molar-refractivity contribution in [3.8, 4) is 0 Å². The Morgan fingerprint density at radius 3 is 3.00 bits per heavy atom. The van der Waals surface area contributed by atoms with E-state index in [-0.39, 0.29) is 0 Å². The van der Waals surface area contributed by atoms with Gasteiger partial charge in [0, 0.05) is 30.1 Å². The van der Waals surface area contributed by atoms with Gasteiger partial charge in [0.15, 0.2) is 5.17 Å². The normalized spacial score (nSPS) is 20.5.